The number of carbonyl (C=O) groups is 3. The van der Waals surface area contributed by atoms with E-state index in [1.54, 1.807) is 6.92 Å². The van der Waals surface area contributed by atoms with Crippen LogP contribution in [0.15, 0.2) is 0 Å². The fraction of sp³-hybridized carbons (Fsp3) is 0.786. The number of rotatable bonds is 7. The molecule has 0 aliphatic rings. The molecule has 122 valence electrons. The lowest BCUT2D eigenvalue weighted by Crippen LogP contribution is -2.53. The van der Waals surface area contributed by atoms with Gasteiger partial charge in [0.25, 0.3) is 0 Å². The van der Waals surface area contributed by atoms with Crippen LogP contribution in [0.1, 0.15) is 47.5 Å². The van der Waals surface area contributed by atoms with Crippen LogP contribution in [0.4, 0.5) is 4.79 Å². The van der Waals surface area contributed by atoms with E-state index in [-0.39, 0.29) is 30.3 Å². The maximum atomic E-state index is 11.8. The van der Waals surface area contributed by atoms with E-state index in [0.717, 1.165) is 0 Å². The molecule has 0 saturated carbocycles. The third kappa shape index (κ3) is 9.70. The molecule has 7 nitrogen and oxygen atoms in total. The molecule has 0 radical (unpaired) electrons. The van der Waals surface area contributed by atoms with Crippen LogP contribution in [-0.2, 0) is 9.59 Å². The summed E-state index contributed by atoms with van der Waals surface area (Å²) in [4.78, 5) is 34.1. The van der Waals surface area contributed by atoms with Gasteiger partial charge in [-0.1, -0.05) is 13.3 Å². The summed E-state index contributed by atoms with van der Waals surface area (Å²) >= 11 is 0. The van der Waals surface area contributed by atoms with Gasteiger partial charge in [0.15, 0.2) is 0 Å². The Morgan fingerprint density at radius 2 is 1.76 bits per heavy atom. The Balaban J connectivity index is 4.19. The number of aliphatic carboxylic acids is 1. The van der Waals surface area contributed by atoms with Crippen molar-refractivity contribution in [3.8, 4) is 0 Å². The average Bonchev–Trinajstić information content (AvgIpc) is 2.31. The molecule has 0 aliphatic heterocycles. The second-order valence-electron chi connectivity index (χ2n) is 6.19. The van der Waals surface area contributed by atoms with E-state index in [1.165, 1.54) is 0 Å². The van der Waals surface area contributed by atoms with Gasteiger partial charge >= 0.3 is 12.0 Å². The second kappa shape index (κ2) is 8.49. The fourth-order valence-corrected chi connectivity index (χ4v) is 1.64. The van der Waals surface area contributed by atoms with Gasteiger partial charge in [0.05, 0.1) is 0 Å². The molecule has 0 saturated heterocycles. The summed E-state index contributed by atoms with van der Waals surface area (Å²) in [7, 11) is 0. The third-order valence-electron chi connectivity index (χ3n) is 2.83. The Bertz CT molecular complexity index is 377. The van der Waals surface area contributed by atoms with Gasteiger partial charge in [-0.2, -0.15) is 0 Å². The van der Waals surface area contributed by atoms with Crippen molar-refractivity contribution in [1.82, 2.24) is 16.0 Å². The van der Waals surface area contributed by atoms with Gasteiger partial charge in [0, 0.05) is 18.5 Å². The molecule has 2 unspecified atom stereocenters. The Morgan fingerprint density at radius 3 is 2.19 bits per heavy atom. The van der Waals surface area contributed by atoms with E-state index in [1.807, 2.05) is 27.7 Å². The molecular formula is C14H27N3O4. The molecule has 4 N–H and O–H groups in total. The molecule has 21 heavy (non-hydrogen) atoms. The number of nitrogens with one attached hydrogen (secondary N) is 3. The SMILES string of the molecule is CCC(CNC(=O)NC(C)C(=O)NC(C)(C)C)CC(=O)O. The van der Waals surface area contributed by atoms with Gasteiger partial charge in [-0.05, 0) is 33.6 Å². The van der Waals surface area contributed by atoms with E-state index in [4.69, 9.17) is 5.11 Å². The molecule has 7 heteroatoms. The van der Waals surface area contributed by atoms with E-state index in [0.29, 0.717) is 6.42 Å². The van der Waals surface area contributed by atoms with Gasteiger partial charge in [0.1, 0.15) is 6.04 Å². The van der Waals surface area contributed by atoms with Crippen LogP contribution in [0.3, 0.4) is 0 Å². The van der Waals surface area contributed by atoms with Crippen LogP contribution in [0, 0.1) is 5.92 Å². The molecule has 0 aromatic carbocycles. The summed E-state index contributed by atoms with van der Waals surface area (Å²) in [5, 5.41) is 16.6. The summed E-state index contributed by atoms with van der Waals surface area (Å²) in [6.07, 6.45) is 0.670. The van der Waals surface area contributed by atoms with E-state index < -0.39 is 18.0 Å². The van der Waals surface area contributed by atoms with Crippen molar-refractivity contribution in [2.24, 2.45) is 5.92 Å². The Labute approximate surface area is 125 Å². The zero-order valence-corrected chi connectivity index (χ0v) is 13.4. The molecule has 0 aliphatic carbocycles. The number of carboxylic acids is 1. The highest BCUT2D eigenvalue weighted by molar-refractivity contribution is 5.87. The molecule has 0 aromatic rings. The van der Waals surface area contributed by atoms with Gasteiger partial charge in [0.2, 0.25) is 5.91 Å². The molecule has 3 amide bonds. The van der Waals surface area contributed by atoms with Crippen LogP contribution in [-0.4, -0.2) is 41.1 Å². The zero-order valence-electron chi connectivity index (χ0n) is 13.4. The maximum absolute atomic E-state index is 11.8. The Morgan fingerprint density at radius 1 is 1.19 bits per heavy atom. The minimum atomic E-state index is -0.887. The Hall–Kier alpha value is -1.79. The van der Waals surface area contributed by atoms with Gasteiger partial charge in [-0.25, -0.2) is 4.79 Å². The normalized spacial score (nSPS) is 14.0. The average molecular weight is 301 g/mol. The summed E-state index contributed by atoms with van der Waals surface area (Å²) in [6.45, 7) is 9.30. The maximum Gasteiger partial charge on any atom is 0.315 e. The summed E-state index contributed by atoms with van der Waals surface area (Å²) in [5.74, 6) is -1.27. The first-order valence-corrected chi connectivity index (χ1v) is 7.13. The minimum Gasteiger partial charge on any atom is -0.481 e. The van der Waals surface area contributed by atoms with Gasteiger partial charge in [-0.3, -0.25) is 9.59 Å². The van der Waals surface area contributed by atoms with Crippen molar-refractivity contribution in [3.05, 3.63) is 0 Å². The van der Waals surface area contributed by atoms with Crippen molar-refractivity contribution in [3.63, 3.8) is 0 Å². The molecule has 0 aromatic heterocycles. The van der Waals surface area contributed by atoms with Crippen molar-refractivity contribution in [2.75, 3.05) is 6.54 Å². The second-order valence-corrected chi connectivity index (χ2v) is 6.19. The lowest BCUT2D eigenvalue weighted by molar-refractivity contribution is -0.138. The van der Waals surface area contributed by atoms with E-state index in [9.17, 15) is 14.4 Å². The highest BCUT2D eigenvalue weighted by atomic mass is 16.4. The quantitative estimate of drug-likeness (QED) is 0.564. The van der Waals surface area contributed by atoms with Crippen LogP contribution >= 0.6 is 0 Å². The molecule has 0 spiro atoms. The van der Waals surface area contributed by atoms with Crippen molar-refractivity contribution < 1.29 is 19.5 Å². The van der Waals surface area contributed by atoms with E-state index in [2.05, 4.69) is 16.0 Å². The third-order valence-corrected chi connectivity index (χ3v) is 2.83. The predicted molar refractivity (Wildman–Crippen MR) is 79.9 cm³/mol. The number of hydrogen-bond donors (Lipinski definition) is 4. The smallest absolute Gasteiger partial charge is 0.315 e. The van der Waals surface area contributed by atoms with Crippen LogP contribution in [0.2, 0.25) is 0 Å². The number of urea groups is 1. The summed E-state index contributed by atoms with van der Waals surface area (Å²) < 4.78 is 0. The highest BCUT2D eigenvalue weighted by Gasteiger charge is 2.21. The number of amides is 3. The van der Waals surface area contributed by atoms with Gasteiger partial charge in [-0.15, -0.1) is 0 Å². The Kier molecular flexibility index (Phi) is 7.76. The molecule has 0 fully saturated rings. The lowest BCUT2D eigenvalue weighted by atomic mass is 10.0. The first-order valence-electron chi connectivity index (χ1n) is 7.13. The first kappa shape index (κ1) is 19.2. The number of hydrogen-bond acceptors (Lipinski definition) is 3. The van der Waals surface area contributed by atoms with Crippen LogP contribution in [0.5, 0.6) is 0 Å². The van der Waals surface area contributed by atoms with Crippen molar-refractivity contribution in [2.45, 2.75) is 59.0 Å². The lowest BCUT2D eigenvalue weighted by Gasteiger charge is -2.24. The predicted octanol–water partition coefficient (Wildman–Crippen LogP) is 1.09. The van der Waals surface area contributed by atoms with Crippen molar-refractivity contribution in [1.29, 1.82) is 0 Å². The molecule has 0 bridgehead atoms. The molecule has 0 rings (SSSR count). The summed E-state index contributed by atoms with van der Waals surface area (Å²) in [5.41, 5.74) is -0.363. The van der Waals surface area contributed by atoms with Gasteiger partial charge < -0.3 is 21.1 Å². The largest absolute Gasteiger partial charge is 0.481 e. The van der Waals surface area contributed by atoms with Crippen molar-refractivity contribution >= 4 is 17.9 Å². The zero-order chi connectivity index (χ0) is 16.6. The fourth-order valence-electron chi connectivity index (χ4n) is 1.64. The first-order chi connectivity index (χ1) is 9.55. The standard InChI is InChI=1S/C14H27N3O4/c1-6-10(7-11(18)19)8-15-13(21)16-9(2)12(20)17-14(3,4)5/h9-10H,6-8H2,1-5H3,(H,17,20)(H,18,19)(H2,15,16,21). The van der Waals surface area contributed by atoms with E-state index >= 15 is 0 Å². The molecule has 2 atom stereocenters. The topological polar surface area (TPSA) is 108 Å². The summed E-state index contributed by atoms with van der Waals surface area (Å²) in [6, 6.07) is -1.14. The monoisotopic (exact) mass is 301 g/mol. The molecule has 0 heterocycles. The minimum absolute atomic E-state index is 0.0108. The van der Waals surface area contributed by atoms with Crippen LogP contribution < -0.4 is 16.0 Å². The van der Waals surface area contributed by atoms with Crippen LogP contribution in [0.25, 0.3) is 0 Å². The molecular weight excluding hydrogens is 274 g/mol. The highest BCUT2D eigenvalue weighted by Crippen LogP contribution is 2.06. The number of carbonyl (C=O) groups excluding carboxylic acids is 2. The number of carboxylic acid groups (broad SMARTS) is 1.